The average molecular weight is 200 g/mol. The van der Waals surface area contributed by atoms with E-state index in [1.165, 1.54) is 39.0 Å². The van der Waals surface area contributed by atoms with Gasteiger partial charge in [-0.05, 0) is 38.4 Å². The molecule has 1 spiro atoms. The third-order valence-corrected chi connectivity index (χ3v) is 2.96. The van der Waals surface area contributed by atoms with Crippen LogP contribution in [-0.2, 0) is 0 Å². The summed E-state index contributed by atoms with van der Waals surface area (Å²) in [5.41, 5.74) is 0.675. The monoisotopic (exact) mass is 200 g/mol. The molecular formula is C12H28N2. The Hall–Kier alpha value is -0.0800. The van der Waals surface area contributed by atoms with Crippen LogP contribution >= 0.6 is 0 Å². The Morgan fingerprint density at radius 1 is 1.07 bits per heavy atom. The van der Waals surface area contributed by atoms with Gasteiger partial charge in [0.15, 0.2) is 0 Å². The highest BCUT2D eigenvalue weighted by atomic mass is 15.1. The predicted octanol–water partition coefficient (Wildman–Crippen LogP) is 2.35. The SMILES string of the molecule is CC.CC.CN1CCC2(CCNC2)C1. The fourth-order valence-corrected chi connectivity index (χ4v) is 2.30. The quantitative estimate of drug-likeness (QED) is 0.646. The topological polar surface area (TPSA) is 15.3 Å². The second kappa shape index (κ2) is 7.24. The fraction of sp³-hybridized carbons (Fsp3) is 1.00. The van der Waals surface area contributed by atoms with E-state index in [4.69, 9.17) is 0 Å². The van der Waals surface area contributed by atoms with Gasteiger partial charge >= 0.3 is 0 Å². The lowest BCUT2D eigenvalue weighted by molar-refractivity contribution is 0.309. The van der Waals surface area contributed by atoms with Crippen LogP contribution < -0.4 is 5.32 Å². The van der Waals surface area contributed by atoms with Crippen LogP contribution in [0.15, 0.2) is 0 Å². The molecule has 0 amide bonds. The maximum atomic E-state index is 3.45. The summed E-state index contributed by atoms with van der Waals surface area (Å²) in [6.07, 6.45) is 2.81. The Balaban J connectivity index is 0.000000379. The van der Waals surface area contributed by atoms with Gasteiger partial charge in [0, 0.05) is 13.1 Å². The smallest absolute Gasteiger partial charge is 0.00481 e. The maximum absolute atomic E-state index is 3.45. The summed E-state index contributed by atoms with van der Waals surface area (Å²) in [5, 5.41) is 3.45. The molecule has 2 heterocycles. The van der Waals surface area contributed by atoms with Crippen molar-refractivity contribution < 1.29 is 0 Å². The summed E-state index contributed by atoms with van der Waals surface area (Å²) in [6.45, 7) is 13.1. The molecule has 0 aliphatic carbocycles. The van der Waals surface area contributed by atoms with E-state index in [9.17, 15) is 0 Å². The van der Waals surface area contributed by atoms with Gasteiger partial charge in [0.25, 0.3) is 0 Å². The molecule has 2 saturated heterocycles. The van der Waals surface area contributed by atoms with Crippen LogP contribution in [0.2, 0.25) is 0 Å². The maximum Gasteiger partial charge on any atom is 0.00481 e. The fourth-order valence-electron chi connectivity index (χ4n) is 2.30. The summed E-state index contributed by atoms with van der Waals surface area (Å²) in [4.78, 5) is 2.45. The van der Waals surface area contributed by atoms with Gasteiger partial charge < -0.3 is 10.2 Å². The number of nitrogens with one attached hydrogen (secondary N) is 1. The molecule has 2 heteroatoms. The molecule has 0 bridgehead atoms. The van der Waals surface area contributed by atoms with Crippen LogP contribution in [0.1, 0.15) is 40.5 Å². The molecule has 2 aliphatic rings. The van der Waals surface area contributed by atoms with Gasteiger partial charge in [-0.3, -0.25) is 0 Å². The Morgan fingerprint density at radius 3 is 2.07 bits per heavy atom. The molecule has 14 heavy (non-hydrogen) atoms. The van der Waals surface area contributed by atoms with Gasteiger partial charge in [-0.2, -0.15) is 0 Å². The van der Waals surface area contributed by atoms with E-state index in [1.807, 2.05) is 27.7 Å². The molecular weight excluding hydrogens is 172 g/mol. The van der Waals surface area contributed by atoms with E-state index in [0.717, 1.165) is 0 Å². The number of hydrogen-bond donors (Lipinski definition) is 1. The normalized spacial score (nSPS) is 30.6. The van der Waals surface area contributed by atoms with Crippen molar-refractivity contribution in [2.75, 3.05) is 33.2 Å². The van der Waals surface area contributed by atoms with Gasteiger partial charge in [-0.25, -0.2) is 0 Å². The lowest BCUT2D eigenvalue weighted by Crippen LogP contribution is -2.27. The molecule has 0 saturated carbocycles. The van der Waals surface area contributed by atoms with Crippen LogP contribution in [0.4, 0.5) is 0 Å². The highest BCUT2D eigenvalue weighted by Gasteiger charge is 2.38. The highest BCUT2D eigenvalue weighted by Crippen LogP contribution is 2.34. The van der Waals surface area contributed by atoms with E-state index in [2.05, 4.69) is 17.3 Å². The molecule has 2 aliphatic heterocycles. The molecule has 1 atom stereocenters. The van der Waals surface area contributed by atoms with E-state index in [0.29, 0.717) is 5.41 Å². The summed E-state index contributed by atoms with van der Waals surface area (Å²) in [5.74, 6) is 0. The zero-order valence-electron chi connectivity index (χ0n) is 10.7. The Labute approximate surface area is 90.1 Å². The number of hydrogen-bond acceptors (Lipinski definition) is 2. The summed E-state index contributed by atoms with van der Waals surface area (Å²) >= 11 is 0. The molecule has 0 radical (unpaired) electrons. The Kier molecular flexibility index (Phi) is 7.20. The van der Waals surface area contributed by atoms with Crippen molar-refractivity contribution >= 4 is 0 Å². The lowest BCUT2D eigenvalue weighted by atomic mass is 9.87. The van der Waals surface area contributed by atoms with Crippen molar-refractivity contribution in [1.29, 1.82) is 0 Å². The minimum Gasteiger partial charge on any atom is -0.316 e. The van der Waals surface area contributed by atoms with Gasteiger partial charge in [-0.15, -0.1) is 0 Å². The first-order valence-corrected chi connectivity index (χ1v) is 6.20. The zero-order valence-corrected chi connectivity index (χ0v) is 10.7. The minimum atomic E-state index is 0.675. The van der Waals surface area contributed by atoms with Crippen LogP contribution in [-0.4, -0.2) is 38.1 Å². The van der Waals surface area contributed by atoms with Crippen molar-refractivity contribution in [2.45, 2.75) is 40.5 Å². The standard InChI is InChI=1S/C8H16N2.2C2H6/c1-10-5-3-8(7-10)2-4-9-6-8;2*1-2/h9H,2-7H2,1H3;2*1-2H3. The van der Waals surface area contributed by atoms with Crippen molar-refractivity contribution in [2.24, 2.45) is 5.41 Å². The first-order valence-electron chi connectivity index (χ1n) is 6.20. The van der Waals surface area contributed by atoms with Crippen LogP contribution in [0.3, 0.4) is 0 Å². The van der Waals surface area contributed by atoms with Crippen molar-refractivity contribution in [3.8, 4) is 0 Å². The molecule has 0 aromatic heterocycles. The van der Waals surface area contributed by atoms with E-state index in [1.54, 1.807) is 0 Å². The van der Waals surface area contributed by atoms with Crippen LogP contribution in [0.5, 0.6) is 0 Å². The third kappa shape index (κ3) is 3.58. The van der Waals surface area contributed by atoms with Crippen LogP contribution in [0, 0.1) is 5.41 Å². The van der Waals surface area contributed by atoms with E-state index >= 15 is 0 Å². The molecule has 86 valence electrons. The van der Waals surface area contributed by atoms with E-state index in [-0.39, 0.29) is 0 Å². The van der Waals surface area contributed by atoms with Gasteiger partial charge in [-0.1, -0.05) is 27.7 Å². The molecule has 1 N–H and O–H groups in total. The molecule has 1 unspecified atom stereocenters. The molecule has 2 rings (SSSR count). The highest BCUT2D eigenvalue weighted by molar-refractivity contribution is 4.94. The first kappa shape index (κ1) is 13.9. The van der Waals surface area contributed by atoms with Crippen LogP contribution in [0.25, 0.3) is 0 Å². The third-order valence-electron chi connectivity index (χ3n) is 2.96. The summed E-state index contributed by atoms with van der Waals surface area (Å²) in [7, 11) is 2.23. The minimum absolute atomic E-state index is 0.675. The lowest BCUT2D eigenvalue weighted by Gasteiger charge is -2.20. The number of likely N-dealkylation sites (tertiary alicyclic amines) is 1. The molecule has 0 aromatic rings. The molecule has 0 aromatic carbocycles. The summed E-state index contributed by atoms with van der Waals surface area (Å²) < 4.78 is 0. The number of nitrogens with zero attached hydrogens (tertiary/aromatic N) is 1. The van der Waals surface area contributed by atoms with Gasteiger partial charge in [0.1, 0.15) is 0 Å². The largest absolute Gasteiger partial charge is 0.316 e. The van der Waals surface area contributed by atoms with E-state index < -0.39 is 0 Å². The van der Waals surface area contributed by atoms with Crippen molar-refractivity contribution in [3.05, 3.63) is 0 Å². The molecule has 2 fully saturated rings. The van der Waals surface area contributed by atoms with Crippen molar-refractivity contribution in [3.63, 3.8) is 0 Å². The average Bonchev–Trinajstić information content (AvgIpc) is 2.84. The Morgan fingerprint density at radius 2 is 1.71 bits per heavy atom. The summed E-state index contributed by atoms with van der Waals surface area (Å²) in [6, 6.07) is 0. The van der Waals surface area contributed by atoms with Crippen molar-refractivity contribution in [1.82, 2.24) is 10.2 Å². The number of rotatable bonds is 0. The van der Waals surface area contributed by atoms with Gasteiger partial charge in [0.2, 0.25) is 0 Å². The Bertz CT molecular complexity index is 128. The van der Waals surface area contributed by atoms with Gasteiger partial charge in [0.05, 0.1) is 0 Å². The second-order valence-electron chi connectivity index (χ2n) is 3.91. The second-order valence-corrected chi connectivity index (χ2v) is 3.91. The predicted molar refractivity (Wildman–Crippen MR) is 64.7 cm³/mol. The molecule has 2 nitrogen and oxygen atoms in total. The first-order chi connectivity index (χ1) is 6.81. The zero-order chi connectivity index (χ0) is 11.0.